The van der Waals surface area contributed by atoms with Crippen molar-refractivity contribution in [2.45, 2.75) is 6.92 Å². The molecule has 5 heteroatoms. The molecule has 0 aliphatic heterocycles. The summed E-state index contributed by atoms with van der Waals surface area (Å²) in [6.45, 7) is 6.36. The number of rotatable bonds is 6. The van der Waals surface area contributed by atoms with Gasteiger partial charge in [0.05, 0.1) is 33.1 Å². The first-order valence-corrected chi connectivity index (χ1v) is 19.0. The van der Waals surface area contributed by atoms with Crippen LogP contribution in [0.25, 0.3) is 100 Å². The minimum absolute atomic E-state index is 0.666. The number of benzene rings is 7. The summed E-state index contributed by atoms with van der Waals surface area (Å²) in [7, 11) is 0. The lowest BCUT2D eigenvalue weighted by atomic mass is 10.0. The van der Waals surface area contributed by atoms with E-state index in [1.54, 1.807) is 0 Å². The van der Waals surface area contributed by atoms with Crippen LogP contribution in [0.2, 0.25) is 0 Å². The molecule has 0 saturated carbocycles. The predicted octanol–water partition coefficient (Wildman–Crippen LogP) is 12.9. The van der Waals surface area contributed by atoms with E-state index in [0.29, 0.717) is 5.82 Å². The summed E-state index contributed by atoms with van der Waals surface area (Å²) >= 11 is 0. The van der Waals surface area contributed by atoms with Crippen LogP contribution in [0.3, 0.4) is 0 Å². The summed E-state index contributed by atoms with van der Waals surface area (Å²) in [5, 5.41) is 5.80. The van der Waals surface area contributed by atoms with Crippen LogP contribution < -0.4 is 0 Å². The Hall–Kier alpha value is -7.50. The zero-order valence-corrected chi connectivity index (χ0v) is 30.8. The minimum Gasteiger partial charge on any atom is -0.310 e. The number of aryl methyl sites for hydroxylation is 1. The van der Waals surface area contributed by atoms with Gasteiger partial charge in [0.2, 0.25) is 0 Å². The lowest BCUT2D eigenvalue weighted by molar-refractivity contribution is 1.09. The molecule has 0 bridgehead atoms. The van der Waals surface area contributed by atoms with Crippen LogP contribution in [0, 0.1) is 6.92 Å². The van der Waals surface area contributed by atoms with Gasteiger partial charge >= 0.3 is 0 Å². The SMILES string of the molecule is C=Cc1c(C)c2ccc(-c3nc(-c4ccc(-n5c6ccccc6c6ccccc65)cc4)c4c5ccccc5n(-c5ccccc5)c4n3)cc2n1-c1ccccc1. The summed E-state index contributed by atoms with van der Waals surface area (Å²) < 4.78 is 6.92. The van der Waals surface area contributed by atoms with Crippen molar-refractivity contribution in [2.24, 2.45) is 0 Å². The van der Waals surface area contributed by atoms with Crippen LogP contribution in [0.4, 0.5) is 0 Å². The maximum atomic E-state index is 5.49. The molecule has 7 aromatic carbocycles. The van der Waals surface area contributed by atoms with Crippen molar-refractivity contribution >= 4 is 60.7 Å². The smallest absolute Gasteiger partial charge is 0.162 e. The number of hydrogen-bond donors (Lipinski definition) is 0. The molecule has 4 aromatic heterocycles. The number of aromatic nitrogens is 5. The summed E-state index contributed by atoms with van der Waals surface area (Å²) in [5.74, 6) is 0.666. The van der Waals surface area contributed by atoms with Gasteiger partial charge in [-0.25, -0.2) is 9.97 Å². The van der Waals surface area contributed by atoms with Gasteiger partial charge in [-0.1, -0.05) is 122 Å². The van der Waals surface area contributed by atoms with E-state index in [9.17, 15) is 0 Å². The summed E-state index contributed by atoms with van der Waals surface area (Å²) in [4.78, 5) is 10.9. The van der Waals surface area contributed by atoms with Crippen molar-refractivity contribution in [3.8, 4) is 39.7 Å². The molecule has 0 radical (unpaired) electrons. The van der Waals surface area contributed by atoms with E-state index in [1.165, 1.54) is 32.8 Å². The zero-order chi connectivity index (χ0) is 37.3. The molecule has 56 heavy (non-hydrogen) atoms. The lowest BCUT2D eigenvalue weighted by Crippen LogP contribution is -2.00. The highest BCUT2D eigenvalue weighted by Crippen LogP contribution is 2.40. The molecule has 0 saturated heterocycles. The van der Waals surface area contributed by atoms with Crippen molar-refractivity contribution in [1.82, 2.24) is 23.7 Å². The first-order valence-electron chi connectivity index (χ1n) is 19.0. The molecule has 0 N–H and O–H groups in total. The van der Waals surface area contributed by atoms with Gasteiger partial charge in [-0.15, -0.1) is 0 Å². The largest absolute Gasteiger partial charge is 0.310 e. The first kappa shape index (κ1) is 32.0. The number of hydrogen-bond acceptors (Lipinski definition) is 2. The Bertz CT molecular complexity index is 3260. The van der Waals surface area contributed by atoms with Crippen molar-refractivity contribution in [3.05, 3.63) is 194 Å². The molecular weight excluding hydrogens is 683 g/mol. The Kier molecular flexibility index (Phi) is 7.16. The van der Waals surface area contributed by atoms with E-state index in [0.717, 1.165) is 67.0 Å². The predicted molar refractivity (Wildman–Crippen MR) is 233 cm³/mol. The number of nitrogens with zero attached hydrogens (tertiary/aromatic N) is 5. The third kappa shape index (κ3) is 4.74. The Morgan fingerprint density at radius 3 is 1.59 bits per heavy atom. The highest BCUT2D eigenvalue weighted by atomic mass is 15.1. The van der Waals surface area contributed by atoms with E-state index >= 15 is 0 Å². The van der Waals surface area contributed by atoms with Crippen LogP contribution in [0.15, 0.2) is 183 Å². The molecular formula is C51H35N5. The molecule has 264 valence electrons. The van der Waals surface area contributed by atoms with Gasteiger partial charge in [0, 0.05) is 55.4 Å². The average molecular weight is 718 g/mol. The van der Waals surface area contributed by atoms with E-state index in [-0.39, 0.29) is 0 Å². The highest BCUT2D eigenvalue weighted by Gasteiger charge is 2.22. The molecule has 4 heterocycles. The van der Waals surface area contributed by atoms with Gasteiger partial charge in [-0.3, -0.25) is 4.57 Å². The van der Waals surface area contributed by atoms with Gasteiger partial charge < -0.3 is 9.13 Å². The molecule has 0 amide bonds. The fourth-order valence-electron chi connectivity index (χ4n) is 8.71. The fraction of sp³-hybridized carbons (Fsp3) is 0.0196. The van der Waals surface area contributed by atoms with Gasteiger partial charge in [-0.05, 0) is 79.2 Å². The van der Waals surface area contributed by atoms with Crippen LogP contribution in [-0.4, -0.2) is 23.7 Å². The molecule has 11 aromatic rings. The number of fused-ring (bicyclic) bond motifs is 7. The van der Waals surface area contributed by atoms with E-state index in [1.807, 2.05) is 12.1 Å². The van der Waals surface area contributed by atoms with Crippen molar-refractivity contribution in [3.63, 3.8) is 0 Å². The Morgan fingerprint density at radius 1 is 0.446 bits per heavy atom. The topological polar surface area (TPSA) is 40.6 Å². The van der Waals surface area contributed by atoms with Gasteiger partial charge in [0.1, 0.15) is 5.65 Å². The van der Waals surface area contributed by atoms with Gasteiger partial charge in [0.25, 0.3) is 0 Å². The van der Waals surface area contributed by atoms with Crippen LogP contribution in [-0.2, 0) is 0 Å². The third-order valence-electron chi connectivity index (χ3n) is 11.2. The second-order valence-electron chi connectivity index (χ2n) is 14.3. The molecule has 0 aliphatic carbocycles. The van der Waals surface area contributed by atoms with E-state index in [2.05, 4.69) is 197 Å². The van der Waals surface area contributed by atoms with Crippen LogP contribution in [0.5, 0.6) is 0 Å². The monoisotopic (exact) mass is 717 g/mol. The van der Waals surface area contributed by atoms with E-state index < -0.39 is 0 Å². The Balaban J connectivity index is 1.17. The molecule has 0 spiro atoms. The minimum atomic E-state index is 0.666. The average Bonchev–Trinajstić information content (AvgIpc) is 3.88. The Morgan fingerprint density at radius 2 is 0.964 bits per heavy atom. The Labute approximate surface area is 323 Å². The highest BCUT2D eigenvalue weighted by molar-refractivity contribution is 6.14. The molecule has 11 rings (SSSR count). The van der Waals surface area contributed by atoms with Gasteiger partial charge in [0.15, 0.2) is 5.82 Å². The maximum absolute atomic E-state index is 5.49. The fourth-order valence-corrected chi connectivity index (χ4v) is 8.71. The zero-order valence-electron chi connectivity index (χ0n) is 30.8. The first-order chi connectivity index (χ1) is 27.7. The molecule has 0 aliphatic rings. The molecule has 0 fully saturated rings. The summed E-state index contributed by atoms with van der Waals surface area (Å²) in [6.07, 6.45) is 1.95. The second kappa shape index (κ2) is 12.5. The van der Waals surface area contributed by atoms with Crippen molar-refractivity contribution in [2.75, 3.05) is 0 Å². The number of para-hydroxylation sites is 5. The third-order valence-corrected chi connectivity index (χ3v) is 11.2. The molecule has 0 atom stereocenters. The van der Waals surface area contributed by atoms with Gasteiger partial charge in [-0.2, -0.15) is 0 Å². The lowest BCUT2D eigenvalue weighted by Gasteiger charge is -2.13. The van der Waals surface area contributed by atoms with Crippen molar-refractivity contribution in [1.29, 1.82) is 0 Å². The van der Waals surface area contributed by atoms with E-state index in [4.69, 9.17) is 9.97 Å². The quantitative estimate of drug-likeness (QED) is 0.172. The molecule has 0 unspecified atom stereocenters. The standard InChI is InChI=1S/C51H35N5/c1-3-43-33(2)39-31-28-35(32-47(39)54(43)36-16-6-4-7-17-36)50-52-49(48-42-22-12-15-25-46(42)56(51(48)53-50)37-18-8-5-9-19-37)34-26-29-38(30-27-34)55-44-23-13-10-20-40(44)41-21-11-14-24-45(41)55/h3-32H,1H2,2H3. The summed E-state index contributed by atoms with van der Waals surface area (Å²) in [5.41, 5.74) is 13.8. The van der Waals surface area contributed by atoms with Crippen LogP contribution in [0.1, 0.15) is 11.3 Å². The van der Waals surface area contributed by atoms with Crippen LogP contribution >= 0.6 is 0 Å². The van der Waals surface area contributed by atoms with Crippen molar-refractivity contribution < 1.29 is 0 Å². The maximum Gasteiger partial charge on any atom is 0.162 e. The molecule has 5 nitrogen and oxygen atoms in total. The summed E-state index contributed by atoms with van der Waals surface area (Å²) in [6, 6.07) is 62.3. The second-order valence-corrected chi connectivity index (χ2v) is 14.3. The normalized spacial score (nSPS) is 11.7.